The molecule has 1 saturated heterocycles. The molecule has 0 amide bonds. The minimum atomic E-state index is -0.395. The third-order valence-electron chi connectivity index (χ3n) is 3.32. The zero-order chi connectivity index (χ0) is 13.1. The lowest BCUT2D eigenvalue weighted by Gasteiger charge is -2.24. The Labute approximate surface area is 105 Å². The summed E-state index contributed by atoms with van der Waals surface area (Å²) in [5.41, 5.74) is 2.47. The van der Waals surface area contributed by atoms with E-state index in [1.54, 1.807) is 0 Å². The third-order valence-corrected chi connectivity index (χ3v) is 3.32. The van der Waals surface area contributed by atoms with Crippen molar-refractivity contribution < 1.29 is 4.92 Å². The fraction of sp³-hybridized carbons (Fsp3) is 0.545. The van der Waals surface area contributed by atoms with Crippen molar-refractivity contribution in [3.05, 3.63) is 22.2 Å². The van der Waals surface area contributed by atoms with E-state index in [1.165, 1.54) is 12.1 Å². The zero-order valence-electron chi connectivity index (χ0n) is 10.3. The molecular formula is C11H17N5O2. The largest absolute Gasteiger partial charge is 0.348 e. The van der Waals surface area contributed by atoms with Crippen molar-refractivity contribution in [2.75, 3.05) is 16.9 Å². The summed E-state index contributed by atoms with van der Waals surface area (Å²) in [4.78, 5) is 16.9. The van der Waals surface area contributed by atoms with Gasteiger partial charge in [-0.15, -0.1) is 0 Å². The first-order valence-corrected chi connectivity index (χ1v) is 6.06. The standard InChI is InChI=1S/C11H17N5O2/c1-2-8-4-3-7-15(8)11-9(16(17)18)5-6-10(13-11)14-12/h5-6,8H,2-4,7,12H2,1H3,(H,13,14). The van der Waals surface area contributed by atoms with Crippen LogP contribution in [0.25, 0.3) is 0 Å². The molecule has 1 fully saturated rings. The Kier molecular flexibility index (Phi) is 3.61. The van der Waals surface area contributed by atoms with Crippen molar-refractivity contribution >= 4 is 17.3 Å². The van der Waals surface area contributed by atoms with Gasteiger partial charge < -0.3 is 10.3 Å². The van der Waals surface area contributed by atoms with Crippen molar-refractivity contribution in [3.63, 3.8) is 0 Å². The molecule has 18 heavy (non-hydrogen) atoms. The SMILES string of the molecule is CCC1CCCN1c1nc(NN)ccc1[N+](=O)[O-]. The number of pyridine rings is 1. The molecule has 1 aliphatic heterocycles. The van der Waals surface area contributed by atoms with E-state index < -0.39 is 4.92 Å². The molecule has 1 aromatic heterocycles. The van der Waals surface area contributed by atoms with Crippen LogP contribution in [0.2, 0.25) is 0 Å². The van der Waals surface area contributed by atoms with Crippen molar-refractivity contribution in [1.29, 1.82) is 0 Å². The first kappa shape index (κ1) is 12.6. The van der Waals surface area contributed by atoms with Gasteiger partial charge in [0.05, 0.1) is 4.92 Å². The highest BCUT2D eigenvalue weighted by molar-refractivity contribution is 5.62. The van der Waals surface area contributed by atoms with Gasteiger partial charge in [-0.1, -0.05) is 6.92 Å². The topological polar surface area (TPSA) is 97.3 Å². The van der Waals surface area contributed by atoms with E-state index in [-0.39, 0.29) is 5.69 Å². The molecule has 0 saturated carbocycles. The predicted molar refractivity (Wildman–Crippen MR) is 69.4 cm³/mol. The minimum Gasteiger partial charge on any atom is -0.348 e. The van der Waals surface area contributed by atoms with E-state index >= 15 is 0 Å². The molecule has 98 valence electrons. The van der Waals surface area contributed by atoms with Crippen molar-refractivity contribution in [3.8, 4) is 0 Å². The Balaban J connectivity index is 2.42. The fourth-order valence-corrected chi connectivity index (χ4v) is 2.41. The molecule has 1 aliphatic rings. The molecule has 2 heterocycles. The second kappa shape index (κ2) is 5.18. The van der Waals surface area contributed by atoms with Crippen LogP contribution in [0, 0.1) is 10.1 Å². The molecule has 1 atom stereocenters. The van der Waals surface area contributed by atoms with Crippen LogP contribution in [0.3, 0.4) is 0 Å². The summed E-state index contributed by atoms with van der Waals surface area (Å²) in [5, 5.41) is 11.1. The first-order valence-electron chi connectivity index (χ1n) is 6.06. The summed E-state index contributed by atoms with van der Waals surface area (Å²) in [6.45, 7) is 2.89. The molecular weight excluding hydrogens is 234 g/mol. The van der Waals surface area contributed by atoms with E-state index in [9.17, 15) is 10.1 Å². The second-order valence-electron chi connectivity index (χ2n) is 4.34. The van der Waals surface area contributed by atoms with Crippen LogP contribution in [0.1, 0.15) is 26.2 Å². The van der Waals surface area contributed by atoms with Gasteiger partial charge in [0.1, 0.15) is 5.82 Å². The number of rotatable bonds is 4. The zero-order valence-corrected chi connectivity index (χ0v) is 10.3. The normalized spacial score (nSPS) is 19.0. The van der Waals surface area contributed by atoms with Crippen molar-refractivity contribution in [2.24, 2.45) is 5.84 Å². The lowest BCUT2D eigenvalue weighted by molar-refractivity contribution is -0.384. The van der Waals surface area contributed by atoms with E-state index in [1.807, 2.05) is 4.90 Å². The van der Waals surface area contributed by atoms with Crippen LogP contribution < -0.4 is 16.2 Å². The maximum atomic E-state index is 11.1. The average molecular weight is 251 g/mol. The molecule has 1 unspecified atom stereocenters. The van der Waals surface area contributed by atoms with Crippen LogP contribution in [0.15, 0.2) is 12.1 Å². The lowest BCUT2D eigenvalue weighted by atomic mass is 10.1. The van der Waals surface area contributed by atoms with Gasteiger partial charge in [0.2, 0.25) is 5.82 Å². The van der Waals surface area contributed by atoms with Crippen LogP contribution in [0.4, 0.5) is 17.3 Å². The second-order valence-corrected chi connectivity index (χ2v) is 4.34. The molecule has 7 heteroatoms. The number of nitrogens with one attached hydrogen (secondary N) is 1. The molecule has 2 rings (SSSR count). The van der Waals surface area contributed by atoms with Gasteiger partial charge in [0.15, 0.2) is 0 Å². The average Bonchev–Trinajstić information content (AvgIpc) is 2.85. The third kappa shape index (κ3) is 2.21. The summed E-state index contributed by atoms with van der Waals surface area (Å²) in [6.07, 6.45) is 3.05. The van der Waals surface area contributed by atoms with Gasteiger partial charge in [-0.05, 0) is 25.3 Å². The fourth-order valence-electron chi connectivity index (χ4n) is 2.41. The van der Waals surface area contributed by atoms with Gasteiger partial charge >= 0.3 is 5.69 Å². The number of nitrogen functional groups attached to an aromatic ring is 1. The lowest BCUT2D eigenvalue weighted by Crippen LogP contribution is -2.30. The van der Waals surface area contributed by atoms with E-state index in [0.717, 1.165) is 25.8 Å². The molecule has 0 aliphatic carbocycles. The Bertz CT molecular complexity index is 451. The maximum Gasteiger partial charge on any atom is 0.311 e. The van der Waals surface area contributed by atoms with Crippen molar-refractivity contribution in [2.45, 2.75) is 32.2 Å². The quantitative estimate of drug-likeness (QED) is 0.480. The number of nitro groups is 1. The minimum absolute atomic E-state index is 0.0364. The van der Waals surface area contributed by atoms with Crippen LogP contribution in [0.5, 0.6) is 0 Å². The number of hydrazine groups is 1. The highest BCUT2D eigenvalue weighted by atomic mass is 16.6. The van der Waals surface area contributed by atoms with Gasteiger partial charge in [-0.2, -0.15) is 0 Å². The highest BCUT2D eigenvalue weighted by Gasteiger charge is 2.30. The Morgan fingerprint density at radius 3 is 3.06 bits per heavy atom. The number of nitrogens with two attached hydrogens (primary N) is 1. The summed E-state index contributed by atoms with van der Waals surface area (Å²) >= 11 is 0. The van der Waals surface area contributed by atoms with Crippen LogP contribution in [-0.2, 0) is 0 Å². The van der Waals surface area contributed by atoms with Gasteiger partial charge in [0.25, 0.3) is 0 Å². The highest BCUT2D eigenvalue weighted by Crippen LogP contribution is 2.33. The Morgan fingerprint density at radius 1 is 1.67 bits per heavy atom. The van der Waals surface area contributed by atoms with Gasteiger partial charge in [-0.3, -0.25) is 10.1 Å². The molecule has 7 nitrogen and oxygen atoms in total. The first-order chi connectivity index (χ1) is 8.67. The summed E-state index contributed by atoms with van der Waals surface area (Å²) in [6, 6.07) is 3.28. The number of hydrogen-bond acceptors (Lipinski definition) is 6. The predicted octanol–water partition coefficient (Wildman–Crippen LogP) is 1.65. The molecule has 1 aromatic rings. The summed E-state index contributed by atoms with van der Waals surface area (Å²) in [5.74, 6) is 6.17. The van der Waals surface area contributed by atoms with E-state index in [4.69, 9.17) is 5.84 Å². The van der Waals surface area contributed by atoms with Gasteiger partial charge in [0, 0.05) is 18.7 Å². The van der Waals surface area contributed by atoms with Crippen molar-refractivity contribution in [1.82, 2.24) is 4.98 Å². The van der Waals surface area contributed by atoms with Crippen LogP contribution in [-0.4, -0.2) is 22.5 Å². The summed E-state index contributed by atoms with van der Waals surface area (Å²) in [7, 11) is 0. The molecule has 0 bridgehead atoms. The number of hydrogen-bond donors (Lipinski definition) is 2. The number of aromatic nitrogens is 1. The molecule has 3 N–H and O–H groups in total. The smallest absolute Gasteiger partial charge is 0.311 e. The number of anilines is 2. The van der Waals surface area contributed by atoms with E-state index in [0.29, 0.717) is 17.7 Å². The molecule has 0 radical (unpaired) electrons. The van der Waals surface area contributed by atoms with Crippen LogP contribution >= 0.6 is 0 Å². The van der Waals surface area contributed by atoms with Gasteiger partial charge in [-0.25, -0.2) is 10.8 Å². The Morgan fingerprint density at radius 2 is 2.44 bits per heavy atom. The molecule has 0 aromatic carbocycles. The summed E-state index contributed by atoms with van der Waals surface area (Å²) < 4.78 is 0. The Hall–Kier alpha value is -1.89. The molecule has 0 spiro atoms. The monoisotopic (exact) mass is 251 g/mol. The number of nitrogens with zero attached hydrogens (tertiary/aromatic N) is 3. The maximum absolute atomic E-state index is 11.1. The van der Waals surface area contributed by atoms with E-state index in [2.05, 4.69) is 17.3 Å².